The molecule has 0 spiro atoms. The van der Waals surface area contributed by atoms with E-state index in [2.05, 4.69) is 11.0 Å². The number of hydrogen-bond acceptors (Lipinski definition) is 5. The van der Waals surface area contributed by atoms with E-state index < -0.39 is 0 Å². The Hall–Kier alpha value is -2.69. The highest BCUT2D eigenvalue weighted by molar-refractivity contribution is 5.83. The van der Waals surface area contributed by atoms with E-state index >= 15 is 0 Å². The van der Waals surface area contributed by atoms with Crippen LogP contribution in [0.5, 0.6) is 17.2 Å². The fourth-order valence-electron chi connectivity index (χ4n) is 3.10. The van der Waals surface area contributed by atoms with Gasteiger partial charge in [-0.1, -0.05) is 12.1 Å². The number of anilines is 1. The van der Waals surface area contributed by atoms with E-state index in [1.807, 2.05) is 18.2 Å². The third-order valence-electron chi connectivity index (χ3n) is 4.35. The molecule has 3 rings (SSSR count). The zero-order valence-electron chi connectivity index (χ0n) is 13.6. The first-order valence-electron chi connectivity index (χ1n) is 8.03. The van der Waals surface area contributed by atoms with Gasteiger partial charge in [-0.05, 0) is 37.1 Å². The van der Waals surface area contributed by atoms with Crippen molar-refractivity contribution in [3.05, 3.63) is 48.0 Å². The maximum absolute atomic E-state index is 11.1. The summed E-state index contributed by atoms with van der Waals surface area (Å²) in [6.07, 6.45) is 2.73. The molecule has 1 aliphatic rings. The quantitative estimate of drug-likeness (QED) is 0.825. The molecule has 126 valence electrons. The third-order valence-corrected chi connectivity index (χ3v) is 4.35. The van der Waals surface area contributed by atoms with E-state index in [9.17, 15) is 9.90 Å². The number of phenols is 1. The molecular weight excluding hydrogens is 306 g/mol. The molecule has 1 atom stereocenters. The standard InChI is InChI=1S/C19H21NO4/c1-23-16-7-2-5-14(11-16)20-10-4-6-15(20)13-24-19-9-3-8-18(22)17(19)12-21/h2-3,5,7-9,11-12,15,22H,4,6,10,13H2,1H3. The van der Waals surface area contributed by atoms with Crippen LogP contribution in [0.3, 0.4) is 0 Å². The van der Waals surface area contributed by atoms with Crippen molar-refractivity contribution in [2.24, 2.45) is 0 Å². The summed E-state index contributed by atoms with van der Waals surface area (Å²) in [6.45, 7) is 1.42. The zero-order chi connectivity index (χ0) is 16.9. The number of aromatic hydroxyl groups is 1. The molecule has 0 bridgehead atoms. The second-order valence-corrected chi connectivity index (χ2v) is 5.81. The van der Waals surface area contributed by atoms with Crippen molar-refractivity contribution < 1.29 is 19.4 Å². The summed E-state index contributed by atoms with van der Waals surface area (Å²) in [4.78, 5) is 13.4. The van der Waals surface area contributed by atoms with Gasteiger partial charge in [0.15, 0.2) is 6.29 Å². The molecule has 0 amide bonds. The van der Waals surface area contributed by atoms with Crippen LogP contribution < -0.4 is 14.4 Å². The molecule has 0 radical (unpaired) electrons. The van der Waals surface area contributed by atoms with Gasteiger partial charge < -0.3 is 19.5 Å². The van der Waals surface area contributed by atoms with E-state index in [1.54, 1.807) is 19.2 Å². The number of carbonyl (C=O) groups excluding carboxylic acids is 1. The normalized spacial score (nSPS) is 16.9. The van der Waals surface area contributed by atoms with Crippen molar-refractivity contribution in [1.82, 2.24) is 0 Å². The molecule has 2 aromatic rings. The van der Waals surface area contributed by atoms with Gasteiger partial charge in [0.2, 0.25) is 0 Å². The van der Waals surface area contributed by atoms with E-state index in [4.69, 9.17) is 9.47 Å². The van der Waals surface area contributed by atoms with E-state index in [0.717, 1.165) is 30.8 Å². The lowest BCUT2D eigenvalue weighted by molar-refractivity contribution is 0.111. The minimum absolute atomic E-state index is 0.0569. The van der Waals surface area contributed by atoms with Crippen LogP contribution in [-0.4, -0.2) is 37.7 Å². The molecular formula is C19H21NO4. The molecule has 24 heavy (non-hydrogen) atoms. The molecule has 0 aromatic heterocycles. The Balaban J connectivity index is 1.73. The zero-order valence-corrected chi connectivity index (χ0v) is 13.6. The van der Waals surface area contributed by atoms with Gasteiger partial charge in [-0.3, -0.25) is 4.79 Å². The second-order valence-electron chi connectivity index (χ2n) is 5.81. The molecule has 0 saturated carbocycles. The van der Waals surface area contributed by atoms with Crippen LogP contribution in [0.4, 0.5) is 5.69 Å². The Morgan fingerprint density at radius 2 is 2.12 bits per heavy atom. The Morgan fingerprint density at radius 1 is 1.29 bits per heavy atom. The predicted molar refractivity (Wildman–Crippen MR) is 92.4 cm³/mol. The number of benzene rings is 2. The SMILES string of the molecule is COc1cccc(N2CCCC2COc2cccc(O)c2C=O)c1. The van der Waals surface area contributed by atoms with Gasteiger partial charge >= 0.3 is 0 Å². The number of methoxy groups -OCH3 is 1. The summed E-state index contributed by atoms with van der Waals surface area (Å²) < 4.78 is 11.1. The smallest absolute Gasteiger partial charge is 0.157 e. The average Bonchev–Trinajstić information content (AvgIpc) is 3.08. The van der Waals surface area contributed by atoms with Gasteiger partial charge in [-0.25, -0.2) is 0 Å². The maximum atomic E-state index is 11.1. The molecule has 5 nitrogen and oxygen atoms in total. The van der Waals surface area contributed by atoms with Crippen molar-refractivity contribution in [3.8, 4) is 17.2 Å². The van der Waals surface area contributed by atoms with E-state index in [0.29, 0.717) is 18.6 Å². The number of carbonyl (C=O) groups is 1. The molecule has 0 aliphatic carbocycles. The van der Waals surface area contributed by atoms with Crippen molar-refractivity contribution in [1.29, 1.82) is 0 Å². The second kappa shape index (κ2) is 7.25. The molecule has 1 heterocycles. The van der Waals surface area contributed by atoms with Crippen molar-refractivity contribution in [3.63, 3.8) is 0 Å². The minimum Gasteiger partial charge on any atom is -0.507 e. The number of nitrogens with zero attached hydrogens (tertiary/aromatic N) is 1. The summed E-state index contributed by atoms with van der Waals surface area (Å²) in [5, 5.41) is 9.74. The molecule has 1 N–H and O–H groups in total. The lowest BCUT2D eigenvalue weighted by Crippen LogP contribution is -2.34. The molecule has 1 saturated heterocycles. The predicted octanol–water partition coefficient (Wildman–Crippen LogP) is 3.26. The summed E-state index contributed by atoms with van der Waals surface area (Å²) in [7, 11) is 1.66. The molecule has 1 unspecified atom stereocenters. The minimum atomic E-state index is -0.0569. The van der Waals surface area contributed by atoms with Gasteiger partial charge in [0.05, 0.1) is 18.7 Å². The lowest BCUT2D eigenvalue weighted by atomic mass is 10.2. The summed E-state index contributed by atoms with van der Waals surface area (Å²) in [5.41, 5.74) is 1.30. The van der Waals surface area contributed by atoms with E-state index in [1.165, 1.54) is 6.07 Å². The largest absolute Gasteiger partial charge is 0.507 e. The van der Waals surface area contributed by atoms with Gasteiger partial charge in [0.25, 0.3) is 0 Å². The number of ether oxygens (including phenoxy) is 2. The van der Waals surface area contributed by atoms with E-state index in [-0.39, 0.29) is 17.4 Å². The van der Waals surface area contributed by atoms with Gasteiger partial charge in [0.1, 0.15) is 23.9 Å². The topological polar surface area (TPSA) is 59.0 Å². The van der Waals surface area contributed by atoms with Crippen molar-refractivity contribution in [2.75, 3.05) is 25.2 Å². The van der Waals surface area contributed by atoms with Gasteiger partial charge in [-0.2, -0.15) is 0 Å². The highest BCUT2D eigenvalue weighted by atomic mass is 16.5. The number of hydrogen-bond donors (Lipinski definition) is 1. The van der Waals surface area contributed by atoms with Crippen LogP contribution in [0, 0.1) is 0 Å². The lowest BCUT2D eigenvalue weighted by Gasteiger charge is -2.27. The molecule has 1 aliphatic heterocycles. The van der Waals surface area contributed by atoms with Crippen molar-refractivity contribution >= 4 is 12.0 Å². The summed E-state index contributed by atoms with van der Waals surface area (Å²) in [5.74, 6) is 1.19. The van der Waals surface area contributed by atoms with Crippen LogP contribution >= 0.6 is 0 Å². The Bertz CT molecular complexity index is 716. The summed E-state index contributed by atoms with van der Waals surface area (Å²) in [6, 6.07) is 13.1. The van der Waals surface area contributed by atoms with Gasteiger partial charge in [-0.15, -0.1) is 0 Å². The molecule has 5 heteroatoms. The highest BCUT2D eigenvalue weighted by Crippen LogP contribution is 2.30. The van der Waals surface area contributed by atoms with Crippen LogP contribution in [0.15, 0.2) is 42.5 Å². The first-order valence-corrected chi connectivity index (χ1v) is 8.03. The van der Waals surface area contributed by atoms with Crippen LogP contribution in [-0.2, 0) is 0 Å². The van der Waals surface area contributed by atoms with Crippen LogP contribution in [0.25, 0.3) is 0 Å². The summed E-state index contributed by atoms with van der Waals surface area (Å²) >= 11 is 0. The van der Waals surface area contributed by atoms with Crippen LogP contribution in [0.2, 0.25) is 0 Å². The maximum Gasteiger partial charge on any atom is 0.157 e. The monoisotopic (exact) mass is 327 g/mol. The molecule has 2 aromatic carbocycles. The first kappa shape index (κ1) is 16.2. The van der Waals surface area contributed by atoms with Crippen LogP contribution in [0.1, 0.15) is 23.2 Å². The Kier molecular flexibility index (Phi) is 4.89. The van der Waals surface area contributed by atoms with Crippen molar-refractivity contribution in [2.45, 2.75) is 18.9 Å². The highest BCUT2D eigenvalue weighted by Gasteiger charge is 2.26. The average molecular weight is 327 g/mol. The third kappa shape index (κ3) is 3.30. The number of aldehydes is 1. The van der Waals surface area contributed by atoms with Gasteiger partial charge in [0, 0.05) is 18.3 Å². The Morgan fingerprint density at radius 3 is 2.92 bits per heavy atom. The molecule has 1 fully saturated rings. The number of rotatable bonds is 6. The number of phenolic OH excluding ortho intramolecular Hbond substituents is 1. The Labute approximate surface area is 141 Å². The fourth-order valence-corrected chi connectivity index (χ4v) is 3.10. The first-order chi connectivity index (χ1) is 11.7. The fraction of sp³-hybridized carbons (Fsp3) is 0.316.